The zero-order valence-corrected chi connectivity index (χ0v) is 11.8. The Hall–Kier alpha value is -1.40. The molecule has 2 heterocycles. The van der Waals surface area contributed by atoms with Crippen LogP contribution in [0, 0.1) is 0 Å². The van der Waals surface area contributed by atoms with E-state index in [9.17, 15) is 0 Å². The van der Waals surface area contributed by atoms with E-state index in [1.54, 1.807) is 12.3 Å². The first-order valence-electron chi connectivity index (χ1n) is 6.69. The average molecular weight is 266 g/mol. The van der Waals surface area contributed by atoms with Crippen LogP contribution in [0.1, 0.15) is 13.8 Å². The van der Waals surface area contributed by atoms with Gasteiger partial charge in [0.2, 0.25) is 11.8 Å². The largest absolute Gasteiger partial charge is 0.475 e. The van der Waals surface area contributed by atoms with Crippen LogP contribution in [-0.4, -0.2) is 55.5 Å². The van der Waals surface area contributed by atoms with Crippen LogP contribution in [0.5, 0.6) is 5.88 Å². The van der Waals surface area contributed by atoms with Crippen molar-refractivity contribution in [2.24, 2.45) is 0 Å². The summed E-state index contributed by atoms with van der Waals surface area (Å²) in [4.78, 5) is 11.0. The summed E-state index contributed by atoms with van der Waals surface area (Å²) in [6, 6.07) is 2.05. The Balaban J connectivity index is 2.14. The van der Waals surface area contributed by atoms with E-state index in [4.69, 9.17) is 9.47 Å². The lowest BCUT2D eigenvalue weighted by molar-refractivity contribution is 0.0933. The van der Waals surface area contributed by atoms with E-state index in [0.717, 1.165) is 13.1 Å². The molecule has 1 fully saturated rings. The third-order valence-electron chi connectivity index (χ3n) is 2.90. The maximum Gasteiger partial charge on any atom is 0.229 e. The number of rotatable bonds is 5. The Morgan fingerprint density at radius 1 is 1.58 bits per heavy atom. The molecule has 19 heavy (non-hydrogen) atoms. The minimum Gasteiger partial charge on any atom is -0.475 e. The van der Waals surface area contributed by atoms with E-state index in [1.807, 2.05) is 20.9 Å². The van der Waals surface area contributed by atoms with Gasteiger partial charge in [-0.05, 0) is 20.9 Å². The van der Waals surface area contributed by atoms with Gasteiger partial charge in [0, 0.05) is 25.4 Å². The van der Waals surface area contributed by atoms with Crippen molar-refractivity contribution in [3.05, 3.63) is 12.3 Å². The Bertz CT molecular complexity index is 398. The zero-order chi connectivity index (χ0) is 13.7. The van der Waals surface area contributed by atoms with Crippen LogP contribution in [-0.2, 0) is 4.74 Å². The molecule has 1 aromatic rings. The fourth-order valence-electron chi connectivity index (χ4n) is 2.10. The van der Waals surface area contributed by atoms with Gasteiger partial charge in [0.25, 0.3) is 0 Å². The maximum atomic E-state index is 5.62. The molecule has 1 saturated heterocycles. The van der Waals surface area contributed by atoms with Crippen molar-refractivity contribution < 1.29 is 9.47 Å². The Morgan fingerprint density at radius 3 is 3.16 bits per heavy atom. The summed E-state index contributed by atoms with van der Waals surface area (Å²) in [6.07, 6.45) is 1.85. The smallest absolute Gasteiger partial charge is 0.229 e. The predicted octanol–water partition coefficient (Wildman–Crippen LogP) is 0.688. The predicted molar refractivity (Wildman–Crippen MR) is 73.7 cm³/mol. The van der Waals surface area contributed by atoms with Crippen LogP contribution in [0.15, 0.2) is 12.3 Å². The number of anilines is 1. The molecule has 1 N–H and O–H groups in total. The summed E-state index contributed by atoms with van der Waals surface area (Å²) >= 11 is 0. The zero-order valence-electron chi connectivity index (χ0n) is 11.8. The Morgan fingerprint density at radius 2 is 2.42 bits per heavy atom. The van der Waals surface area contributed by atoms with Crippen LogP contribution in [0.25, 0.3) is 0 Å². The molecule has 0 aliphatic carbocycles. The number of ether oxygens (including phenoxy) is 2. The summed E-state index contributed by atoms with van der Waals surface area (Å²) in [5, 5.41) is 3.18. The first-order chi connectivity index (χ1) is 9.20. The number of likely N-dealkylation sites (N-methyl/N-ethyl adjacent to an activating group) is 1. The quantitative estimate of drug-likeness (QED) is 0.846. The lowest BCUT2D eigenvalue weighted by atomic mass is 10.2. The van der Waals surface area contributed by atoms with E-state index in [0.29, 0.717) is 25.0 Å². The molecular formula is C13H22N4O2. The molecule has 0 spiro atoms. The molecule has 1 aromatic heterocycles. The summed E-state index contributed by atoms with van der Waals surface area (Å²) in [5.74, 6) is 1.33. The topological polar surface area (TPSA) is 59.5 Å². The highest BCUT2D eigenvalue weighted by atomic mass is 16.5. The minimum atomic E-state index is 0.112. The lowest BCUT2D eigenvalue weighted by Crippen LogP contribution is -2.50. The van der Waals surface area contributed by atoms with Gasteiger partial charge in [0.1, 0.15) is 0 Å². The number of morpholine rings is 1. The van der Waals surface area contributed by atoms with Crippen LogP contribution in [0.4, 0.5) is 5.95 Å². The average Bonchev–Trinajstić information content (AvgIpc) is 2.39. The molecule has 0 radical (unpaired) electrons. The monoisotopic (exact) mass is 266 g/mol. The molecule has 0 bridgehead atoms. The van der Waals surface area contributed by atoms with Crippen molar-refractivity contribution >= 4 is 5.95 Å². The highest BCUT2D eigenvalue weighted by Gasteiger charge is 2.24. The molecule has 1 atom stereocenters. The molecular weight excluding hydrogens is 244 g/mol. The summed E-state index contributed by atoms with van der Waals surface area (Å²) in [5.41, 5.74) is 0. The first kappa shape index (κ1) is 14.0. The van der Waals surface area contributed by atoms with Gasteiger partial charge in [-0.3, -0.25) is 0 Å². The molecule has 0 amide bonds. The number of hydrogen-bond donors (Lipinski definition) is 1. The minimum absolute atomic E-state index is 0.112. The summed E-state index contributed by atoms with van der Waals surface area (Å²) in [6.45, 7) is 7.02. The third-order valence-corrected chi connectivity index (χ3v) is 2.90. The van der Waals surface area contributed by atoms with Gasteiger partial charge in [0.15, 0.2) is 0 Å². The Labute approximate surface area is 114 Å². The number of nitrogens with zero attached hydrogens (tertiary/aromatic N) is 3. The second-order valence-corrected chi connectivity index (χ2v) is 4.84. The van der Waals surface area contributed by atoms with Gasteiger partial charge in [-0.25, -0.2) is 4.98 Å². The van der Waals surface area contributed by atoms with Gasteiger partial charge in [-0.1, -0.05) is 0 Å². The van der Waals surface area contributed by atoms with Crippen molar-refractivity contribution in [1.82, 2.24) is 15.3 Å². The van der Waals surface area contributed by atoms with Crippen molar-refractivity contribution in [3.8, 4) is 5.88 Å². The van der Waals surface area contributed by atoms with E-state index < -0.39 is 0 Å². The second-order valence-electron chi connectivity index (χ2n) is 4.84. The maximum absolute atomic E-state index is 5.62. The number of nitrogens with one attached hydrogen (secondary N) is 1. The second kappa shape index (κ2) is 6.68. The molecule has 0 saturated carbocycles. The standard InChI is InChI=1S/C13H22N4O2/c1-10(2)19-12-4-5-15-13(16-12)17-6-7-18-9-11(17)8-14-3/h4-5,10-11,14H,6-9H2,1-3H3. The van der Waals surface area contributed by atoms with Crippen molar-refractivity contribution in [2.75, 3.05) is 38.3 Å². The van der Waals surface area contributed by atoms with Crippen LogP contribution >= 0.6 is 0 Å². The summed E-state index contributed by atoms with van der Waals surface area (Å²) < 4.78 is 11.1. The van der Waals surface area contributed by atoms with Crippen molar-refractivity contribution in [1.29, 1.82) is 0 Å². The van der Waals surface area contributed by atoms with E-state index in [-0.39, 0.29) is 12.1 Å². The molecule has 0 aromatic carbocycles. The number of hydrogen-bond acceptors (Lipinski definition) is 6. The van der Waals surface area contributed by atoms with Gasteiger partial charge >= 0.3 is 0 Å². The van der Waals surface area contributed by atoms with E-state index >= 15 is 0 Å². The van der Waals surface area contributed by atoms with Crippen molar-refractivity contribution in [3.63, 3.8) is 0 Å². The Kier molecular flexibility index (Phi) is 4.93. The van der Waals surface area contributed by atoms with E-state index in [2.05, 4.69) is 20.2 Å². The fraction of sp³-hybridized carbons (Fsp3) is 0.692. The van der Waals surface area contributed by atoms with Gasteiger partial charge in [-0.2, -0.15) is 4.98 Å². The molecule has 106 valence electrons. The van der Waals surface area contributed by atoms with Crippen LogP contribution in [0.2, 0.25) is 0 Å². The van der Waals surface area contributed by atoms with E-state index in [1.165, 1.54) is 0 Å². The van der Waals surface area contributed by atoms with Gasteiger partial charge < -0.3 is 19.7 Å². The third kappa shape index (κ3) is 3.78. The molecule has 1 aliphatic heterocycles. The van der Waals surface area contributed by atoms with Crippen LogP contribution in [0.3, 0.4) is 0 Å². The lowest BCUT2D eigenvalue weighted by Gasteiger charge is -2.35. The van der Waals surface area contributed by atoms with Gasteiger partial charge in [-0.15, -0.1) is 0 Å². The SMILES string of the molecule is CNCC1COCCN1c1nccc(OC(C)C)n1. The molecule has 6 heteroatoms. The number of aromatic nitrogens is 2. The highest BCUT2D eigenvalue weighted by Crippen LogP contribution is 2.18. The van der Waals surface area contributed by atoms with Gasteiger partial charge in [0.05, 0.1) is 25.4 Å². The molecule has 6 nitrogen and oxygen atoms in total. The normalized spacial score (nSPS) is 19.8. The first-order valence-corrected chi connectivity index (χ1v) is 6.69. The molecule has 2 rings (SSSR count). The summed E-state index contributed by atoms with van der Waals surface area (Å²) in [7, 11) is 1.94. The van der Waals surface area contributed by atoms with Crippen molar-refractivity contribution in [2.45, 2.75) is 26.0 Å². The molecule has 1 aliphatic rings. The highest BCUT2D eigenvalue weighted by molar-refractivity contribution is 5.34. The fourth-order valence-corrected chi connectivity index (χ4v) is 2.10. The molecule has 1 unspecified atom stereocenters. The van der Waals surface area contributed by atoms with Crippen LogP contribution < -0.4 is 15.0 Å².